The first-order valence-electron chi connectivity index (χ1n) is 7.14. The van der Waals surface area contributed by atoms with E-state index in [9.17, 15) is 4.79 Å². The van der Waals surface area contributed by atoms with Gasteiger partial charge in [-0.05, 0) is 24.1 Å². The Hall–Kier alpha value is -2.07. The van der Waals surface area contributed by atoms with Crippen molar-refractivity contribution >= 4 is 5.91 Å². The maximum atomic E-state index is 12.5. The second kappa shape index (κ2) is 7.64. The highest BCUT2D eigenvalue weighted by Crippen LogP contribution is 2.22. The summed E-state index contributed by atoms with van der Waals surface area (Å²) < 4.78 is 10.5. The minimum Gasteiger partial charge on any atom is -0.467 e. The van der Waals surface area contributed by atoms with Gasteiger partial charge < -0.3 is 14.5 Å². The van der Waals surface area contributed by atoms with E-state index >= 15 is 0 Å². The van der Waals surface area contributed by atoms with Crippen LogP contribution in [0, 0.1) is 0 Å². The van der Waals surface area contributed by atoms with Crippen molar-refractivity contribution in [1.82, 2.24) is 5.32 Å². The highest BCUT2D eigenvalue weighted by atomic mass is 16.5. The molecule has 1 aromatic carbocycles. The zero-order chi connectivity index (χ0) is 15.1. The molecule has 0 saturated carbocycles. The van der Waals surface area contributed by atoms with Gasteiger partial charge in [0.1, 0.15) is 11.8 Å². The first-order chi connectivity index (χ1) is 10.3. The van der Waals surface area contributed by atoms with Crippen LogP contribution in [0.2, 0.25) is 0 Å². The number of hydrogen-bond donors (Lipinski definition) is 1. The average Bonchev–Trinajstić information content (AvgIpc) is 3.03. The third-order valence-corrected chi connectivity index (χ3v) is 3.46. The van der Waals surface area contributed by atoms with E-state index in [1.165, 1.54) is 0 Å². The lowest BCUT2D eigenvalue weighted by atomic mass is 9.95. The molecule has 1 heterocycles. The van der Waals surface area contributed by atoms with Crippen molar-refractivity contribution in [2.45, 2.75) is 25.3 Å². The Morgan fingerprint density at radius 3 is 2.57 bits per heavy atom. The number of benzene rings is 1. The van der Waals surface area contributed by atoms with Gasteiger partial charge in [0, 0.05) is 7.11 Å². The molecule has 0 spiro atoms. The number of rotatable bonds is 7. The third-order valence-electron chi connectivity index (χ3n) is 3.46. The molecular weight excluding hydrogens is 266 g/mol. The molecule has 2 atom stereocenters. The number of methoxy groups -OCH3 is 1. The fraction of sp³-hybridized carbons (Fsp3) is 0.353. The van der Waals surface area contributed by atoms with Crippen molar-refractivity contribution in [3.63, 3.8) is 0 Å². The molecule has 0 aliphatic rings. The lowest BCUT2D eigenvalue weighted by Gasteiger charge is -2.20. The predicted molar refractivity (Wildman–Crippen MR) is 80.9 cm³/mol. The Kier molecular flexibility index (Phi) is 5.58. The maximum absolute atomic E-state index is 12.5. The summed E-state index contributed by atoms with van der Waals surface area (Å²) >= 11 is 0. The summed E-state index contributed by atoms with van der Waals surface area (Å²) in [6.45, 7) is 2.39. The van der Waals surface area contributed by atoms with E-state index in [2.05, 4.69) is 5.32 Å². The zero-order valence-electron chi connectivity index (χ0n) is 12.4. The summed E-state index contributed by atoms with van der Waals surface area (Å²) in [5.41, 5.74) is 1.02. The summed E-state index contributed by atoms with van der Waals surface area (Å²) in [6, 6.07) is 13.2. The molecule has 2 aromatic rings. The van der Waals surface area contributed by atoms with E-state index in [1.807, 2.05) is 43.3 Å². The van der Waals surface area contributed by atoms with E-state index in [1.54, 1.807) is 19.4 Å². The molecule has 0 unspecified atom stereocenters. The lowest BCUT2D eigenvalue weighted by Crippen LogP contribution is -2.34. The monoisotopic (exact) mass is 287 g/mol. The van der Waals surface area contributed by atoms with Crippen molar-refractivity contribution in [2.75, 3.05) is 13.7 Å². The van der Waals surface area contributed by atoms with Crippen LogP contribution in [-0.2, 0) is 9.53 Å². The van der Waals surface area contributed by atoms with Gasteiger partial charge in [-0.3, -0.25) is 4.79 Å². The van der Waals surface area contributed by atoms with Crippen molar-refractivity contribution in [3.8, 4) is 0 Å². The van der Waals surface area contributed by atoms with Crippen LogP contribution in [0.1, 0.15) is 36.6 Å². The molecular formula is C17H21NO3. The molecule has 21 heavy (non-hydrogen) atoms. The van der Waals surface area contributed by atoms with E-state index in [4.69, 9.17) is 9.15 Å². The molecule has 1 N–H and O–H groups in total. The normalized spacial score (nSPS) is 13.6. The van der Waals surface area contributed by atoms with Gasteiger partial charge in [0.2, 0.25) is 5.91 Å². The van der Waals surface area contributed by atoms with Gasteiger partial charge in [-0.25, -0.2) is 0 Å². The van der Waals surface area contributed by atoms with Crippen molar-refractivity contribution in [1.29, 1.82) is 0 Å². The average molecular weight is 287 g/mol. The topological polar surface area (TPSA) is 51.5 Å². The number of furan rings is 1. The Morgan fingerprint density at radius 2 is 2.00 bits per heavy atom. The van der Waals surface area contributed by atoms with Crippen LogP contribution in [0.5, 0.6) is 0 Å². The Morgan fingerprint density at radius 1 is 1.24 bits per heavy atom. The van der Waals surface area contributed by atoms with Gasteiger partial charge in [-0.1, -0.05) is 37.3 Å². The van der Waals surface area contributed by atoms with E-state index in [-0.39, 0.29) is 17.9 Å². The Labute approximate surface area is 125 Å². The molecule has 0 bridgehead atoms. The zero-order valence-corrected chi connectivity index (χ0v) is 12.4. The molecule has 2 rings (SSSR count). The van der Waals surface area contributed by atoms with Gasteiger partial charge in [0.15, 0.2) is 0 Å². The van der Waals surface area contributed by atoms with Crippen molar-refractivity contribution < 1.29 is 13.9 Å². The van der Waals surface area contributed by atoms with Gasteiger partial charge in [0.25, 0.3) is 0 Å². The number of amides is 1. The quantitative estimate of drug-likeness (QED) is 0.850. The standard InChI is InChI=1S/C17H21NO3/c1-3-14(13-8-5-4-6-9-13)17(19)18-15(12-20-2)16-10-7-11-21-16/h4-11,14-15H,3,12H2,1-2H3,(H,18,19)/t14-,15-/m0/s1. The molecule has 0 aliphatic carbocycles. The van der Waals surface area contributed by atoms with Crippen LogP contribution in [-0.4, -0.2) is 19.6 Å². The van der Waals surface area contributed by atoms with Crippen LogP contribution in [0.3, 0.4) is 0 Å². The SMILES string of the molecule is CC[C@H](C(=O)N[C@@H](COC)c1ccco1)c1ccccc1. The van der Waals surface area contributed by atoms with E-state index in [0.29, 0.717) is 12.4 Å². The second-order valence-electron chi connectivity index (χ2n) is 4.90. The number of ether oxygens (including phenoxy) is 1. The van der Waals surface area contributed by atoms with Crippen LogP contribution < -0.4 is 5.32 Å². The fourth-order valence-electron chi connectivity index (χ4n) is 2.38. The molecule has 4 heteroatoms. The molecule has 0 radical (unpaired) electrons. The van der Waals surface area contributed by atoms with Gasteiger partial charge >= 0.3 is 0 Å². The van der Waals surface area contributed by atoms with Gasteiger partial charge in [0.05, 0.1) is 18.8 Å². The minimum atomic E-state index is -0.268. The summed E-state index contributed by atoms with van der Waals surface area (Å²) in [5.74, 6) is 0.524. The smallest absolute Gasteiger partial charge is 0.228 e. The summed E-state index contributed by atoms with van der Waals surface area (Å²) in [4.78, 5) is 12.5. The van der Waals surface area contributed by atoms with E-state index < -0.39 is 0 Å². The van der Waals surface area contributed by atoms with Crippen molar-refractivity contribution in [2.24, 2.45) is 0 Å². The van der Waals surface area contributed by atoms with Crippen LogP contribution in [0.15, 0.2) is 53.1 Å². The first-order valence-corrected chi connectivity index (χ1v) is 7.14. The van der Waals surface area contributed by atoms with Crippen LogP contribution in [0.25, 0.3) is 0 Å². The van der Waals surface area contributed by atoms with Gasteiger partial charge in [-0.2, -0.15) is 0 Å². The second-order valence-corrected chi connectivity index (χ2v) is 4.90. The predicted octanol–water partition coefficient (Wildman–Crippen LogP) is 3.28. The Bertz CT molecular complexity index is 536. The Balaban J connectivity index is 2.10. The third kappa shape index (κ3) is 3.95. The molecule has 1 amide bonds. The highest BCUT2D eigenvalue weighted by Gasteiger charge is 2.23. The summed E-state index contributed by atoms with van der Waals surface area (Å²) in [7, 11) is 1.61. The number of carbonyl (C=O) groups is 1. The minimum absolute atomic E-state index is 0.0119. The highest BCUT2D eigenvalue weighted by molar-refractivity contribution is 5.83. The first kappa shape index (κ1) is 15.3. The van der Waals surface area contributed by atoms with E-state index in [0.717, 1.165) is 12.0 Å². The molecule has 4 nitrogen and oxygen atoms in total. The summed E-state index contributed by atoms with van der Waals surface area (Å²) in [5, 5.41) is 3.01. The summed E-state index contributed by atoms with van der Waals surface area (Å²) in [6.07, 6.45) is 2.34. The fourth-order valence-corrected chi connectivity index (χ4v) is 2.38. The number of nitrogens with one attached hydrogen (secondary N) is 1. The largest absolute Gasteiger partial charge is 0.467 e. The molecule has 0 saturated heterocycles. The maximum Gasteiger partial charge on any atom is 0.228 e. The molecule has 112 valence electrons. The van der Waals surface area contributed by atoms with Crippen LogP contribution >= 0.6 is 0 Å². The number of carbonyl (C=O) groups excluding carboxylic acids is 1. The van der Waals surface area contributed by atoms with Crippen LogP contribution in [0.4, 0.5) is 0 Å². The molecule has 1 aromatic heterocycles. The van der Waals surface area contributed by atoms with Crippen molar-refractivity contribution in [3.05, 3.63) is 60.1 Å². The van der Waals surface area contributed by atoms with Gasteiger partial charge in [-0.15, -0.1) is 0 Å². The number of hydrogen-bond acceptors (Lipinski definition) is 3. The molecule has 0 aliphatic heterocycles. The molecule has 0 fully saturated rings. The lowest BCUT2D eigenvalue weighted by molar-refractivity contribution is -0.124.